The van der Waals surface area contributed by atoms with Crippen molar-refractivity contribution in [2.45, 2.75) is 24.3 Å². The average molecular weight is 313 g/mol. The highest BCUT2D eigenvalue weighted by atomic mass is 32.2. The van der Waals surface area contributed by atoms with Crippen LogP contribution in [0.1, 0.15) is 30.3 Å². The van der Waals surface area contributed by atoms with Gasteiger partial charge in [-0.05, 0) is 29.8 Å². The zero-order valence-electron chi connectivity index (χ0n) is 12.2. The van der Waals surface area contributed by atoms with Gasteiger partial charge in [0.2, 0.25) is 0 Å². The smallest absolute Gasteiger partial charge is 0.160 e. The number of benzene rings is 1. The van der Waals surface area contributed by atoms with Gasteiger partial charge in [0.1, 0.15) is 11.9 Å². The van der Waals surface area contributed by atoms with E-state index in [2.05, 4.69) is 16.8 Å². The van der Waals surface area contributed by atoms with Crippen LogP contribution in [0.5, 0.6) is 0 Å². The van der Waals surface area contributed by atoms with Crippen LogP contribution in [0.25, 0.3) is 0 Å². The van der Waals surface area contributed by atoms with Crippen molar-refractivity contribution in [3.8, 4) is 0 Å². The molecule has 5 heteroatoms. The van der Waals surface area contributed by atoms with Gasteiger partial charge in [0.25, 0.3) is 0 Å². The van der Waals surface area contributed by atoms with E-state index in [1.54, 1.807) is 6.20 Å². The van der Waals surface area contributed by atoms with Crippen LogP contribution < -0.4 is 0 Å². The molecule has 3 atom stereocenters. The summed E-state index contributed by atoms with van der Waals surface area (Å²) in [5.74, 6) is -0.207. The van der Waals surface area contributed by atoms with Crippen molar-refractivity contribution in [3.63, 3.8) is 0 Å². The van der Waals surface area contributed by atoms with Gasteiger partial charge in [0, 0.05) is 18.0 Å². The second-order valence-electron chi connectivity index (χ2n) is 5.69. The number of aliphatic imine (C=N–C) groups is 1. The van der Waals surface area contributed by atoms with Gasteiger partial charge < -0.3 is 4.90 Å². The molecule has 1 aromatic carbocycles. The Morgan fingerprint density at radius 3 is 2.73 bits per heavy atom. The lowest BCUT2D eigenvalue weighted by Gasteiger charge is -2.27. The third-order valence-corrected chi connectivity index (χ3v) is 5.19. The molecule has 0 radical (unpaired) electrons. The monoisotopic (exact) mass is 313 g/mol. The Morgan fingerprint density at radius 1 is 1.18 bits per heavy atom. The highest BCUT2D eigenvalue weighted by Crippen LogP contribution is 2.47. The van der Waals surface area contributed by atoms with Crippen LogP contribution >= 0.6 is 11.8 Å². The summed E-state index contributed by atoms with van der Waals surface area (Å²) in [7, 11) is 0. The molecule has 22 heavy (non-hydrogen) atoms. The summed E-state index contributed by atoms with van der Waals surface area (Å²) in [6.07, 6.45) is 1.80. The van der Waals surface area contributed by atoms with E-state index in [1.807, 2.05) is 42.1 Å². The molecule has 3 heterocycles. The number of hydrogen-bond donors (Lipinski definition) is 0. The van der Waals surface area contributed by atoms with Crippen molar-refractivity contribution in [2.75, 3.05) is 6.54 Å². The minimum Gasteiger partial charge on any atom is -0.341 e. The minimum atomic E-state index is -0.207. The van der Waals surface area contributed by atoms with Crippen LogP contribution in [0.4, 0.5) is 4.39 Å². The topological polar surface area (TPSA) is 28.5 Å². The van der Waals surface area contributed by atoms with Crippen LogP contribution in [0.3, 0.4) is 0 Å². The standard InChI is InChI=1S/C17H16FN3S/c1-11-10-21-16(12-5-7-13(18)8-6-12)15(20-17(21)22-11)14-4-2-3-9-19-14/h2-9,11,15-16H,10H2,1H3/t11-,15+,16+/m1/s1. The Morgan fingerprint density at radius 2 is 2.00 bits per heavy atom. The predicted octanol–water partition coefficient (Wildman–Crippen LogP) is 3.81. The SMILES string of the molecule is C[C@@H]1CN2C(=N[C@@H](c3ccccn3)[C@@H]2c2ccc(F)cc2)S1. The lowest BCUT2D eigenvalue weighted by molar-refractivity contribution is 0.321. The molecule has 0 spiro atoms. The second kappa shape index (κ2) is 5.39. The number of aromatic nitrogens is 1. The first kappa shape index (κ1) is 13.8. The molecule has 2 aliphatic rings. The Bertz CT molecular complexity index is 702. The first-order valence-electron chi connectivity index (χ1n) is 7.40. The molecule has 1 fully saturated rings. The van der Waals surface area contributed by atoms with Crippen molar-refractivity contribution in [1.82, 2.24) is 9.88 Å². The molecule has 1 aromatic heterocycles. The summed E-state index contributed by atoms with van der Waals surface area (Å²) in [4.78, 5) is 11.7. The maximum absolute atomic E-state index is 13.3. The van der Waals surface area contributed by atoms with Crippen LogP contribution in [-0.2, 0) is 0 Å². The molecular weight excluding hydrogens is 297 g/mol. The van der Waals surface area contributed by atoms with E-state index in [1.165, 1.54) is 12.1 Å². The fourth-order valence-electron chi connectivity index (χ4n) is 3.14. The number of rotatable bonds is 2. The summed E-state index contributed by atoms with van der Waals surface area (Å²) in [5.41, 5.74) is 2.05. The summed E-state index contributed by atoms with van der Waals surface area (Å²) in [6.45, 7) is 3.18. The van der Waals surface area contributed by atoms with E-state index in [0.29, 0.717) is 5.25 Å². The van der Waals surface area contributed by atoms with Crippen molar-refractivity contribution < 1.29 is 4.39 Å². The number of pyridine rings is 1. The third-order valence-electron chi connectivity index (χ3n) is 4.09. The number of nitrogens with zero attached hydrogens (tertiary/aromatic N) is 3. The quantitative estimate of drug-likeness (QED) is 0.844. The lowest BCUT2D eigenvalue weighted by atomic mass is 9.96. The molecular formula is C17H16FN3S. The molecule has 2 aromatic rings. The van der Waals surface area contributed by atoms with Gasteiger partial charge in [0.15, 0.2) is 5.17 Å². The first-order chi connectivity index (χ1) is 10.7. The largest absolute Gasteiger partial charge is 0.341 e. The molecule has 4 rings (SSSR count). The number of hydrogen-bond acceptors (Lipinski definition) is 4. The van der Waals surface area contributed by atoms with Gasteiger partial charge in [-0.25, -0.2) is 4.39 Å². The maximum atomic E-state index is 13.3. The van der Waals surface area contributed by atoms with Crippen LogP contribution in [0.15, 0.2) is 53.7 Å². The Kier molecular flexibility index (Phi) is 3.37. The minimum absolute atomic E-state index is 0.0262. The first-order valence-corrected chi connectivity index (χ1v) is 8.28. The van der Waals surface area contributed by atoms with Crippen LogP contribution in [-0.4, -0.2) is 26.8 Å². The molecule has 3 nitrogen and oxygen atoms in total. The van der Waals surface area contributed by atoms with E-state index < -0.39 is 0 Å². The molecule has 1 saturated heterocycles. The molecule has 0 unspecified atom stereocenters. The van der Waals surface area contributed by atoms with Gasteiger partial charge in [-0.1, -0.05) is 36.9 Å². The number of amidine groups is 1. The fraction of sp³-hybridized carbons (Fsp3) is 0.294. The predicted molar refractivity (Wildman–Crippen MR) is 87.3 cm³/mol. The number of halogens is 1. The Balaban J connectivity index is 1.76. The molecule has 0 bridgehead atoms. The maximum Gasteiger partial charge on any atom is 0.160 e. The summed E-state index contributed by atoms with van der Waals surface area (Å²) in [5, 5.41) is 1.61. The van der Waals surface area contributed by atoms with Gasteiger partial charge in [-0.3, -0.25) is 9.98 Å². The van der Waals surface area contributed by atoms with Crippen molar-refractivity contribution in [1.29, 1.82) is 0 Å². The molecule has 112 valence electrons. The average Bonchev–Trinajstić information content (AvgIpc) is 3.05. The van der Waals surface area contributed by atoms with E-state index in [-0.39, 0.29) is 17.9 Å². The van der Waals surface area contributed by atoms with Crippen LogP contribution in [0.2, 0.25) is 0 Å². The normalized spacial score (nSPS) is 26.9. The van der Waals surface area contributed by atoms with Gasteiger partial charge in [0.05, 0.1) is 11.7 Å². The Labute approximate surface area is 133 Å². The third kappa shape index (κ3) is 2.29. The zero-order valence-corrected chi connectivity index (χ0v) is 13.0. The van der Waals surface area contributed by atoms with Crippen molar-refractivity contribution >= 4 is 16.9 Å². The van der Waals surface area contributed by atoms with Crippen molar-refractivity contribution in [3.05, 3.63) is 65.7 Å². The second-order valence-corrected chi connectivity index (χ2v) is 7.09. The van der Waals surface area contributed by atoms with Gasteiger partial charge in [-0.15, -0.1) is 0 Å². The van der Waals surface area contributed by atoms with Crippen LogP contribution in [0, 0.1) is 5.82 Å². The summed E-state index contributed by atoms with van der Waals surface area (Å²) < 4.78 is 13.3. The fourth-order valence-corrected chi connectivity index (χ4v) is 4.23. The highest BCUT2D eigenvalue weighted by molar-refractivity contribution is 8.14. The number of thioether (sulfide) groups is 1. The zero-order chi connectivity index (χ0) is 15.1. The van der Waals surface area contributed by atoms with Gasteiger partial charge >= 0.3 is 0 Å². The molecule has 0 aliphatic carbocycles. The Hall–Kier alpha value is -1.88. The highest BCUT2D eigenvalue weighted by Gasteiger charge is 2.43. The molecule has 0 saturated carbocycles. The van der Waals surface area contributed by atoms with E-state index in [0.717, 1.165) is 23.0 Å². The van der Waals surface area contributed by atoms with Gasteiger partial charge in [-0.2, -0.15) is 0 Å². The summed E-state index contributed by atoms with van der Waals surface area (Å²) >= 11 is 1.81. The molecule has 2 aliphatic heterocycles. The number of fused-ring (bicyclic) bond motifs is 1. The van der Waals surface area contributed by atoms with E-state index in [4.69, 9.17) is 4.99 Å². The van der Waals surface area contributed by atoms with E-state index in [9.17, 15) is 4.39 Å². The van der Waals surface area contributed by atoms with Crippen molar-refractivity contribution in [2.24, 2.45) is 4.99 Å². The van der Waals surface area contributed by atoms with E-state index >= 15 is 0 Å². The lowest BCUT2D eigenvalue weighted by Crippen LogP contribution is -2.28. The summed E-state index contributed by atoms with van der Waals surface area (Å²) in [6, 6.07) is 12.8. The molecule has 0 amide bonds. The molecule has 0 N–H and O–H groups in total.